The Hall–Kier alpha value is -0.870. The van der Waals surface area contributed by atoms with E-state index in [2.05, 4.69) is 15.9 Å². The van der Waals surface area contributed by atoms with E-state index in [1.807, 2.05) is 24.3 Å². The first-order chi connectivity index (χ1) is 7.58. The molecule has 0 unspecified atom stereocenters. The van der Waals surface area contributed by atoms with Gasteiger partial charge >= 0.3 is 0 Å². The lowest BCUT2D eigenvalue weighted by Crippen LogP contribution is -2.24. The third-order valence-electron chi connectivity index (χ3n) is 2.58. The number of carbonyl (C=O) groups excluding carboxylic acids is 2. The first-order valence-corrected chi connectivity index (χ1v) is 6.00. The van der Waals surface area contributed by atoms with Crippen molar-refractivity contribution in [2.24, 2.45) is 5.92 Å². The lowest BCUT2D eigenvalue weighted by molar-refractivity contribution is -0.120. The number of nitrogens with zero attached hydrogens (tertiary/aromatic N) is 1. The molecule has 16 heavy (non-hydrogen) atoms. The molecule has 0 aliphatic carbocycles. The molecule has 5 heteroatoms. The van der Waals surface area contributed by atoms with Gasteiger partial charge in [0.15, 0.2) is 0 Å². The molecule has 3 nitrogen and oxygen atoms in total. The average molecular weight is 303 g/mol. The second kappa shape index (κ2) is 4.55. The fourth-order valence-corrected chi connectivity index (χ4v) is 2.14. The Morgan fingerprint density at radius 3 is 2.50 bits per heavy atom. The van der Waals surface area contributed by atoms with Crippen LogP contribution in [-0.4, -0.2) is 17.7 Å². The van der Waals surface area contributed by atoms with Crippen molar-refractivity contribution < 1.29 is 9.59 Å². The highest BCUT2D eigenvalue weighted by molar-refractivity contribution is 9.10. The van der Waals surface area contributed by atoms with Crippen molar-refractivity contribution in [3.63, 3.8) is 0 Å². The molecular formula is C11H9BrClNO2. The second-order valence-corrected chi connectivity index (χ2v) is 4.97. The summed E-state index contributed by atoms with van der Waals surface area (Å²) in [6.07, 6.45) is 0.207. The van der Waals surface area contributed by atoms with Gasteiger partial charge in [0.1, 0.15) is 0 Å². The molecule has 1 fully saturated rings. The van der Waals surface area contributed by atoms with Crippen molar-refractivity contribution in [1.29, 1.82) is 0 Å². The fraction of sp³-hybridized carbons (Fsp3) is 0.273. The Morgan fingerprint density at radius 1 is 1.38 bits per heavy atom. The van der Waals surface area contributed by atoms with E-state index in [0.29, 0.717) is 6.54 Å². The van der Waals surface area contributed by atoms with Gasteiger partial charge in [-0.3, -0.25) is 9.59 Å². The summed E-state index contributed by atoms with van der Waals surface area (Å²) in [6.45, 7) is 0.378. The molecule has 0 spiro atoms. The molecule has 84 valence electrons. The van der Waals surface area contributed by atoms with E-state index in [0.717, 1.165) is 10.2 Å². The summed E-state index contributed by atoms with van der Waals surface area (Å²) in [6, 6.07) is 7.39. The molecule has 0 aromatic heterocycles. The van der Waals surface area contributed by atoms with Crippen LogP contribution in [0.1, 0.15) is 6.42 Å². The Bertz CT molecular complexity index is 432. The number of carbonyl (C=O) groups is 2. The summed E-state index contributed by atoms with van der Waals surface area (Å²) in [5.74, 6) is -0.431. The minimum atomic E-state index is -0.437. The van der Waals surface area contributed by atoms with Gasteiger partial charge in [-0.1, -0.05) is 15.9 Å². The van der Waals surface area contributed by atoms with Crippen molar-refractivity contribution in [1.82, 2.24) is 0 Å². The van der Waals surface area contributed by atoms with Crippen LogP contribution in [0.25, 0.3) is 0 Å². The molecule has 1 aromatic rings. The van der Waals surface area contributed by atoms with E-state index in [9.17, 15) is 9.59 Å². The molecule has 1 aromatic carbocycles. The smallest absolute Gasteiger partial charge is 0.227 e. The normalized spacial score (nSPS) is 20.2. The van der Waals surface area contributed by atoms with Gasteiger partial charge in [0, 0.05) is 23.1 Å². The van der Waals surface area contributed by atoms with Crippen LogP contribution in [0.15, 0.2) is 28.7 Å². The first-order valence-electron chi connectivity index (χ1n) is 4.83. The zero-order valence-corrected chi connectivity index (χ0v) is 10.7. The van der Waals surface area contributed by atoms with E-state index in [1.54, 1.807) is 4.90 Å². The summed E-state index contributed by atoms with van der Waals surface area (Å²) in [5.41, 5.74) is 0.800. The van der Waals surface area contributed by atoms with Crippen LogP contribution in [0.5, 0.6) is 0 Å². The molecule has 1 aliphatic heterocycles. The Kier molecular flexibility index (Phi) is 3.30. The highest BCUT2D eigenvalue weighted by Crippen LogP contribution is 2.27. The molecule has 1 saturated heterocycles. The fourth-order valence-electron chi connectivity index (χ4n) is 1.73. The van der Waals surface area contributed by atoms with Crippen molar-refractivity contribution in [2.45, 2.75) is 6.42 Å². The Labute approximate surface area is 107 Å². The van der Waals surface area contributed by atoms with E-state index < -0.39 is 5.24 Å². The van der Waals surface area contributed by atoms with E-state index in [4.69, 9.17) is 11.6 Å². The lowest BCUT2D eigenvalue weighted by Gasteiger charge is -2.15. The predicted octanol–water partition coefficient (Wildman–Crippen LogP) is 2.57. The third-order valence-corrected chi connectivity index (χ3v) is 3.42. The summed E-state index contributed by atoms with van der Waals surface area (Å²) < 4.78 is 0.952. The van der Waals surface area contributed by atoms with Gasteiger partial charge in [-0.2, -0.15) is 0 Å². The quantitative estimate of drug-likeness (QED) is 0.787. The number of hydrogen-bond donors (Lipinski definition) is 0. The first kappa shape index (κ1) is 11.6. The number of anilines is 1. The largest absolute Gasteiger partial charge is 0.312 e. The SMILES string of the molecule is O=C(Cl)[C@H]1CC(=O)N(c2ccc(Br)cc2)C1. The van der Waals surface area contributed by atoms with Crippen LogP contribution in [0.2, 0.25) is 0 Å². The van der Waals surface area contributed by atoms with Crippen LogP contribution in [-0.2, 0) is 9.59 Å². The number of rotatable bonds is 2. The third kappa shape index (κ3) is 2.28. The minimum absolute atomic E-state index is 0.0543. The second-order valence-electron chi connectivity index (χ2n) is 3.69. The molecule has 2 rings (SSSR count). The van der Waals surface area contributed by atoms with Crippen LogP contribution in [0.4, 0.5) is 5.69 Å². The van der Waals surface area contributed by atoms with E-state index >= 15 is 0 Å². The van der Waals surface area contributed by atoms with Crippen LogP contribution >= 0.6 is 27.5 Å². The zero-order valence-electron chi connectivity index (χ0n) is 8.32. The maximum absolute atomic E-state index is 11.7. The Balaban J connectivity index is 2.20. The minimum Gasteiger partial charge on any atom is -0.312 e. The summed E-state index contributed by atoms with van der Waals surface area (Å²) in [7, 11) is 0. The standard InChI is InChI=1S/C11H9BrClNO2/c12-8-1-3-9(4-2-8)14-6-7(11(13)16)5-10(14)15/h1-4,7H,5-6H2/t7-/m0/s1. The van der Waals surface area contributed by atoms with Crippen molar-refractivity contribution in [3.8, 4) is 0 Å². The highest BCUT2D eigenvalue weighted by Gasteiger charge is 2.34. The number of amides is 1. The molecule has 1 atom stereocenters. The van der Waals surface area contributed by atoms with Gasteiger partial charge in [-0.15, -0.1) is 0 Å². The van der Waals surface area contributed by atoms with E-state index in [1.165, 1.54) is 0 Å². The number of benzene rings is 1. The predicted molar refractivity (Wildman–Crippen MR) is 65.5 cm³/mol. The molecule has 0 bridgehead atoms. The average Bonchev–Trinajstić information content (AvgIpc) is 2.62. The van der Waals surface area contributed by atoms with Gasteiger partial charge in [0.05, 0.1) is 5.92 Å². The maximum Gasteiger partial charge on any atom is 0.227 e. The molecule has 1 amide bonds. The molecular weight excluding hydrogens is 293 g/mol. The zero-order chi connectivity index (χ0) is 11.7. The van der Waals surface area contributed by atoms with Gasteiger partial charge < -0.3 is 4.90 Å². The summed E-state index contributed by atoms with van der Waals surface area (Å²) in [5, 5.41) is -0.437. The van der Waals surface area contributed by atoms with Gasteiger partial charge in [-0.25, -0.2) is 0 Å². The van der Waals surface area contributed by atoms with Gasteiger partial charge in [0.2, 0.25) is 11.1 Å². The topological polar surface area (TPSA) is 37.4 Å². The van der Waals surface area contributed by atoms with Crippen LogP contribution in [0, 0.1) is 5.92 Å². The van der Waals surface area contributed by atoms with Crippen molar-refractivity contribution in [2.75, 3.05) is 11.4 Å². The van der Waals surface area contributed by atoms with Crippen molar-refractivity contribution in [3.05, 3.63) is 28.7 Å². The van der Waals surface area contributed by atoms with Crippen LogP contribution in [0.3, 0.4) is 0 Å². The monoisotopic (exact) mass is 301 g/mol. The Morgan fingerprint density at radius 2 is 2.00 bits per heavy atom. The molecule has 0 N–H and O–H groups in total. The maximum atomic E-state index is 11.7. The van der Waals surface area contributed by atoms with Gasteiger partial charge in [-0.05, 0) is 35.9 Å². The van der Waals surface area contributed by atoms with E-state index in [-0.39, 0.29) is 18.2 Å². The van der Waals surface area contributed by atoms with Gasteiger partial charge in [0.25, 0.3) is 0 Å². The summed E-state index contributed by atoms with van der Waals surface area (Å²) >= 11 is 8.73. The number of hydrogen-bond acceptors (Lipinski definition) is 2. The van der Waals surface area contributed by atoms with Crippen molar-refractivity contribution >= 4 is 44.4 Å². The molecule has 0 radical (unpaired) electrons. The molecule has 0 saturated carbocycles. The number of halogens is 2. The lowest BCUT2D eigenvalue weighted by atomic mass is 10.1. The summed E-state index contributed by atoms with van der Waals surface area (Å²) in [4.78, 5) is 24.3. The highest BCUT2D eigenvalue weighted by atomic mass is 79.9. The molecule has 1 aliphatic rings. The van der Waals surface area contributed by atoms with Crippen LogP contribution < -0.4 is 4.90 Å². The molecule has 1 heterocycles.